The Balaban J connectivity index is 2.26. The van der Waals surface area contributed by atoms with Crippen molar-refractivity contribution in [1.29, 1.82) is 0 Å². The fourth-order valence-corrected chi connectivity index (χ4v) is 1.99. The fraction of sp³-hybridized carbons (Fsp3) is 0.0909. The maximum absolute atomic E-state index is 11.8. The highest BCUT2D eigenvalue weighted by atomic mass is 32.1. The van der Waals surface area contributed by atoms with Crippen molar-refractivity contribution in [1.82, 2.24) is 4.98 Å². The van der Waals surface area contributed by atoms with Gasteiger partial charge in [0.25, 0.3) is 5.91 Å². The van der Waals surface area contributed by atoms with Crippen LogP contribution in [0.25, 0.3) is 0 Å². The molecule has 0 saturated heterocycles. The van der Waals surface area contributed by atoms with Crippen LogP contribution in [0.4, 0.5) is 5.13 Å². The molecule has 1 amide bonds. The number of phenols is 2. The minimum absolute atomic E-state index is 0.152. The molecule has 1 aromatic heterocycles. The third kappa shape index (κ3) is 2.36. The van der Waals surface area contributed by atoms with Gasteiger partial charge in [0.05, 0.1) is 0 Å². The molecule has 2 aromatic rings. The lowest BCUT2D eigenvalue weighted by Gasteiger charge is -2.05. The Bertz CT molecular complexity index is 545. The molecule has 0 aliphatic rings. The van der Waals surface area contributed by atoms with Crippen molar-refractivity contribution in [3.05, 3.63) is 34.8 Å². The number of aromatic hydroxyl groups is 2. The Morgan fingerprint density at radius 2 is 2.00 bits per heavy atom. The molecule has 0 spiro atoms. The van der Waals surface area contributed by atoms with Gasteiger partial charge in [-0.3, -0.25) is 10.1 Å². The van der Waals surface area contributed by atoms with Crippen LogP contribution < -0.4 is 5.32 Å². The third-order valence-corrected chi connectivity index (χ3v) is 2.92. The van der Waals surface area contributed by atoms with Crippen molar-refractivity contribution in [3.8, 4) is 11.5 Å². The summed E-state index contributed by atoms with van der Waals surface area (Å²) in [5.74, 6) is -1.12. The molecule has 3 N–H and O–H groups in total. The van der Waals surface area contributed by atoms with E-state index in [0.29, 0.717) is 5.13 Å². The fourth-order valence-electron chi connectivity index (χ4n) is 1.33. The molecule has 0 radical (unpaired) electrons. The van der Waals surface area contributed by atoms with Crippen LogP contribution in [-0.4, -0.2) is 21.1 Å². The van der Waals surface area contributed by atoms with E-state index in [1.54, 1.807) is 6.20 Å². The van der Waals surface area contributed by atoms with E-state index < -0.39 is 5.91 Å². The molecular weight excluding hydrogens is 240 g/mol. The van der Waals surface area contributed by atoms with Crippen LogP contribution in [0.5, 0.6) is 11.5 Å². The van der Waals surface area contributed by atoms with Crippen molar-refractivity contribution in [2.24, 2.45) is 0 Å². The Morgan fingerprint density at radius 3 is 2.53 bits per heavy atom. The lowest BCUT2D eigenvalue weighted by atomic mass is 10.1. The van der Waals surface area contributed by atoms with Crippen molar-refractivity contribution in [2.45, 2.75) is 6.92 Å². The lowest BCUT2D eigenvalue weighted by molar-refractivity contribution is 0.102. The van der Waals surface area contributed by atoms with Gasteiger partial charge in [0.2, 0.25) is 0 Å². The predicted octanol–water partition coefficient (Wildman–Crippen LogP) is 2.12. The van der Waals surface area contributed by atoms with E-state index in [1.165, 1.54) is 29.5 Å². The third-order valence-electron chi connectivity index (χ3n) is 2.09. The highest BCUT2D eigenvalue weighted by Gasteiger charge is 2.16. The van der Waals surface area contributed by atoms with Gasteiger partial charge in [-0.1, -0.05) is 6.07 Å². The Hall–Kier alpha value is -2.08. The van der Waals surface area contributed by atoms with Crippen LogP contribution >= 0.6 is 11.3 Å². The number of hydrogen-bond donors (Lipinski definition) is 3. The molecule has 1 aromatic carbocycles. The Kier molecular flexibility index (Phi) is 2.97. The number of aromatic nitrogens is 1. The van der Waals surface area contributed by atoms with Gasteiger partial charge in [0.1, 0.15) is 17.1 Å². The second kappa shape index (κ2) is 4.42. The number of nitrogens with one attached hydrogen (secondary N) is 1. The van der Waals surface area contributed by atoms with Crippen LogP contribution in [0.1, 0.15) is 15.2 Å². The van der Waals surface area contributed by atoms with E-state index in [4.69, 9.17) is 0 Å². The van der Waals surface area contributed by atoms with Gasteiger partial charge in [-0.2, -0.15) is 0 Å². The van der Waals surface area contributed by atoms with Crippen molar-refractivity contribution >= 4 is 22.4 Å². The van der Waals surface area contributed by atoms with Gasteiger partial charge < -0.3 is 10.2 Å². The van der Waals surface area contributed by atoms with Gasteiger partial charge in [0, 0.05) is 11.1 Å². The summed E-state index contributed by atoms with van der Waals surface area (Å²) >= 11 is 1.32. The van der Waals surface area contributed by atoms with Gasteiger partial charge >= 0.3 is 0 Å². The molecule has 0 aliphatic carbocycles. The highest BCUT2D eigenvalue weighted by Crippen LogP contribution is 2.27. The summed E-state index contributed by atoms with van der Waals surface area (Å²) in [6.07, 6.45) is 1.63. The first-order valence-electron chi connectivity index (χ1n) is 4.82. The minimum Gasteiger partial charge on any atom is -0.507 e. The first-order chi connectivity index (χ1) is 8.08. The molecule has 6 heteroatoms. The molecule has 0 saturated carbocycles. The monoisotopic (exact) mass is 250 g/mol. The zero-order valence-corrected chi connectivity index (χ0v) is 9.78. The normalized spacial score (nSPS) is 10.2. The smallest absolute Gasteiger partial charge is 0.264 e. The molecule has 5 nitrogen and oxygen atoms in total. The number of phenolic OH excluding ortho intramolecular Hbond substituents is 2. The number of anilines is 1. The molecule has 0 bridgehead atoms. The number of rotatable bonds is 2. The van der Waals surface area contributed by atoms with Gasteiger partial charge in [-0.05, 0) is 19.1 Å². The largest absolute Gasteiger partial charge is 0.507 e. The lowest BCUT2D eigenvalue weighted by Crippen LogP contribution is -2.12. The van der Waals surface area contributed by atoms with Crippen LogP contribution in [0.3, 0.4) is 0 Å². The topological polar surface area (TPSA) is 82.5 Å². The summed E-state index contributed by atoms with van der Waals surface area (Å²) in [4.78, 5) is 16.7. The summed E-state index contributed by atoms with van der Waals surface area (Å²) in [6, 6.07) is 4.12. The number of thiazole rings is 1. The quantitative estimate of drug-likeness (QED) is 0.762. The summed E-state index contributed by atoms with van der Waals surface area (Å²) in [5, 5.41) is 21.9. The van der Waals surface area contributed by atoms with Crippen molar-refractivity contribution in [3.63, 3.8) is 0 Å². The number of aryl methyl sites for hydroxylation is 1. The summed E-state index contributed by atoms with van der Waals surface area (Å²) in [5.41, 5.74) is -0.152. The number of amides is 1. The van der Waals surface area contributed by atoms with E-state index in [0.717, 1.165) is 4.88 Å². The average molecular weight is 250 g/mol. The molecule has 0 aliphatic heterocycles. The van der Waals surface area contributed by atoms with Crippen LogP contribution in [-0.2, 0) is 0 Å². The first kappa shape index (κ1) is 11.4. The van der Waals surface area contributed by atoms with Gasteiger partial charge in [0.15, 0.2) is 5.13 Å². The predicted molar refractivity (Wildman–Crippen MR) is 64.6 cm³/mol. The molecule has 0 fully saturated rings. The summed E-state index contributed by atoms with van der Waals surface area (Å²) < 4.78 is 0. The SMILES string of the molecule is Cc1cnc(NC(=O)c2c(O)cccc2O)s1. The maximum Gasteiger partial charge on any atom is 0.264 e. The molecular formula is C11H10N2O3S. The highest BCUT2D eigenvalue weighted by molar-refractivity contribution is 7.15. The number of carbonyl (C=O) groups is 1. The van der Waals surface area contributed by atoms with E-state index in [9.17, 15) is 15.0 Å². The number of benzene rings is 1. The van der Waals surface area contributed by atoms with E-state index >= 15 is 0 Å². The second-order valence-electron chi connectivity index (χ2n) is 3.40. The molecule has 17 heavy (non-hydrogen) atoms. The Labute approximate surface area is 101 Å². The van der Waals surface area contributed by atoms with Crippen molar-refractivity contribution in [2.75, 3.05) is 5.32 Å². The molecule has 0 atom stereocenters. The summed E-state index contributed by atoms with van der Waals surface area (Å²) in [6.45, 7) is 1.87. The summed E-state index contributed by atoms with van der Waals surface area (Å²) in [7, 11) is 0. The number of nitrogens with zero attached hydrogens (tertiary/aromatic N) is 1. The zero-order chi connectivity index (χ0) is 12.4. The minimum atomic E-state index is -0.588. The molecule has 0 unspecified atom stereocenters. The van der Waals surface area contributed by atoms with Crippen LogP contribution in [0, 0.1) is 6.92 Å². The van der Waals surface area contributed by atoms with Gasteiger partial charge in [-0.15, -0.1) is 11.3 Å². The average Bonchev–Trinajstić information content (AvgIpc) is 2.63. The van der Waals surface area contributed by atoms with E-state index in [-0.39, 0.29) is 17.1 Å². The maximum atomic E-state index is 11.8. The van der Waals surface area contributed by atoms with E-state index in [2.05, 4.69) is 10.3 Å². The van der Waals surface area contributed by atoms with Crippen molar-refractivity contribution < 1.29 is 15.0 Å². The van der Waals surface area contributed by atoms with E-state index in [1.807, 2.05) is 6.92 Å². The molecule has 2 rings (SSSR count). The Morgan fingerprint density at radius 1 is 1.35 bits per heavy atom. The second-order valence-corrected chi connectivity index (χ2v) is 4.64. The van der Waals surface area contributed by atoms with Gasteiger partial charge in [-0.25, -0.2) is 4.98 Å². The zero-order valence-electron chi connectivity index (χ0n) is 8.97. The first-order valence-corrected chi connectivity index (χ1v) is 5.64. The number of hydrogen-bond acceptors (Lipinski definition) is 5. The van der Waals surface area contributed by atoms with Crippen LogP contribution in [0.2, 0.25) is 0 Å². The number of carbonyl (C=O) groups excluding carboxylic acids is 1. The molecule has 88 valence electrons. The van der Waals surface area contributed by atoms with Crippen LogP contribution in [0.15, 0.2) is 24.4 Å². The standard InChI is InChI=1S/C11H10N2O3S/c1-6-5-12-11(17-6)13-10(16)9-7(14)3-2-4-8(9)15/h2-5,14-15H,1H3,(H,12,13,16). The molecule has 1 heterocycles.